The van der Waals surface area contributed by atoms with E-state index in [1.165, 1.54) is 54.6 Å². The van der Waals surface area contributed by atoms with E-state index in [4.69, 9.17) is 24.9 Å². The normalized spacial score (nSPS) is 11.6. The number of fused-ring (bicyclic) bond motifs is 12. The number of para-hydroxylation sites is 4. The predicted molar refractivity (Wildman–Crippen MR) is 458 cm³/mol. The first kappa shape index (κ1) is 65.0. The van der Waals surface area contributed by atoms with Gasteiger partial charge in [0.15, 0.2) is 0 Å². The van der Waals surface area contributed by atoms with Crippen LogP contribution in [-0.4, -0.2) is 53.2 Å². The number of nitrogens with zero attached hydrogens (tertiary/aromatic N) is 11. The zero-order valence-electron chi connectivity index (χ0n) is 60.4. The van der Waals surface area contributed by atoms with Crippen molar-refractivity contribution in [2.75, 3.05) is 0 Å². The van der Waals surface area contributed by atoms with Gasteiger partial charge in [0, 0.05) is 114 Å². The van der Waals surface area contributed by atoms with Crippen molar-refractivity contribution < 1.29 is 0 Å². The number of rotatable bonds is 12. The minimum absolute atomic E-state index is 0.793. The number of hydrogen-bond acceptors (Lipinski definition) is 7. The molecule has 0 aliphatic carbocycles. The first-order valence-electron chi connectivity index (χ1n) is 37.5. The van der Waals surface area contributed by atoms with Crippen LogP contribution in [0, 0.1) is 0 Å². The molecule has 0 saturated carbocycles. The number of aromatic nitrogens is 11. The summed E-state index contributed by atoms with van der Waals surface area (Å²) in [6.45, 7) is 0. The summed E-state index contributed by atoms with van der Waals surface area (Å²) in [4.78, 5) is 33.5. The molecular formula is C101H65N11. The Morgan fingerprint density at radius 2 is 0.491 bits per heavy atom. The lowest BCUT2D eigenvalue weighted by atomic mass is 9.96. The summed E-state index contributed by atoms with van der Waals surface area (Å²) in [7, 11) is 0. The van der Waals surface area contributed by atoms with Crippen molar-refractivity contribution in [3.05, 3.63) is 395 Å². The number of pyridine rings is 7. The Morgan fingerprint density at radius 1 is 0.152 bits per heavy atom. The fourth-order valence-electron chi connectivity index (χ4n) is 16.4. The fraction of sp³-hybridized carbons (Fsp3) is 0. The predicted octanol–water partition coefficient (Wildman–Crippen LogP) is 24.9. The maximum absolute atomic E-state index is 5.00. The quantitative estimate of drug-likeness (QED) is 0.120. The smallest absolute Gasteiger partial charge is 0.145 e. The molecule has 0 amide bonds. The molecule has 11 aromatic carbocycles. The summed E-state index contributed by atoms with van der Waals surface area (Å²) < 4.78 is 9.31. The highest BCUT2D eigenvalue weighted by Crippen LogP contribution is 2.43. The summed E-state index contributed by atoms with van der Waals surface area (Å²) in [5, 5.41) is 9.48. The van der Waals surface area contributed by atoms with E-state index < -0.39 is 0 Å². The van der Waals surface area contributed by atoms with E-state index in [0.29, 0.717) is 0 Å². The molecular weight excluding hydrogens is 1370 g/mol. The fourth-order valence-corrected chi connectivity index (χ4v) is 16.4. The van der Waals surface area contributed by atoms with Gasteiger partial charge in [-0.05, 0) is 245 Å². The van der Waals surface area contributed by atoms with Crippen LogP contribution in [0.5, 0.6) is 0 Å². The van der Waals surface area contributed by atoms with E-state index >= 15 is 0 Å². The molecule has 11 aromatic heterocycles. The van der Waals surface area contributed by atoms with Crippen LogP contribution in [0.25, 0.3) is 200 Å². The van der Waals surface area contributed by atoms with Gasteiger partial charge in [0.25, 0.3) is 0 Å². The largest absolute Gasteiger partial charge is 0.309 e. The Kier molecular flexibility index (Phi) is 15.9. The molecule has 0 bridgehead atoms. The van der Waals surface area contributed by atoms with Crippen LogP contribution in [0.2, 0.25) is 0 Å². The van der Waals surface area contributed by atoms with Gasteiger partial charge in [0.05, 0.1) is 67.3 Å². The van der Waals surface area contributed by atoms with Crippen LogP contribution in [0.4, 0.5) is 0 Å². The molecule has 524 valence electrons. The van der Waals surface area contributed by atoms with E-state index in [2.05, 4.69) is 313 Å². The van der Waals surface area contributed by atoms with Gasteiger partial charge < -0.3 is 9.13 Å². The van der Waals surface area contributed by atoms with Crippen LogP contribution in [0.1, 0.15) is 0 Å². The highest BCUT2D eigenvalue weighted by molar-refractivity contribution is 6.14. The van der Waals surface area contributed by atoms with Crippen molar-refractivity contribution in [1.29, 1.82) is 0 Å². The Hall–Kier alpha value is -15.3. The molecule has 0 fully saturated rings. The van der Waals surface area contributed by atoms with Crippen LogP contribution >= 0.6 is 0 Å². The maximum atomic E-state index is 5.00. The van der Waals surface area contributed by atoms with Crippen molar-refractivity contribution in [3.63, 3.8) is 0 Å². The second-order valence-electron chi connectivity index (χ2n) is 28.1. The highest BCUT2D eigenvalue weighted by Gasteiger charge is 2.22. The van der Waals surface area contributed by atoms with Crippen LogP contribution in [0.15, 0.2) is 395 Å². The number of hydrogen-bond donors (Lipinski definition) is 0. The van der Waals surface area contributed by atoms with E-state index in [1.54, 1.807) is 12.4 Å². The third-order valence-corrected chi connectivity index (χ3v) is 21.5. The van der Waals surface area contributed by atoms with Crippen molar-refractivity contribution >= 4 is 87.5 Å². The lowest BCUT2D eigenvalue weighted by Crippen LogP contribution is -1.97. The summed E-state index contributed by atoms with van der Waals surface area (Å²) in [5.41, 5.74) is 29.2. The molecule has 0 atom stereocenters. The minimum atomic E-state index is 0.793. The van der Waals surface area contributed by atoms with E-state index in [0.717, 1.165) is 145 Å². The van der Waals surface area contributed by atoms with E-state index in [9.17, 15) is 0 Å². The lowest BCUT2D eigenvalue weighted by Gasteiger charge is -2.13. The molecule has 22 rings (SSSR count). The molecule has 0 N–H and O–H groups in total. The van der Waals surface area contributed by atoms with Crippen LogP contribution < -0.4 is 0 Å². The topological polar surface area (TPSA) is 110 Å². The summed E-state index contributed by atoms with van der Waals surface area (Å²) in [6, 6.07) is 126. The Labute approximate surface area is 644 Å². The van der Waals surface area contributed by atoms with Gasteiger partial charge in [0.1, 0.15) is 11.3 Å². The molecule has 22 aromatic rings. The zero-order chi connectivity index (χ0) is 74.0. The SMILES string of the molecule is c1ccc(-n2c3ccccc3c3cc(-c4ccc5c6cccnc6n(-c6cccc(-c7cc(-c8ccccn8)cc(-c8ccccn8)c7)c6)c5c4)ccc32)cc1.c1ccc(-n2c3ccccc3c3cc(-c4ccc5c6cccnc6n(-c6cccc(-c7cc(-c8ccccn8)nc(-c8ccccn8)c7)c6)c5c4)ccc32)cc1. The van der Waals surface area contributed by atoms with Gasteiger partial charge >= 0.3 is 0 Å². The van der Waals surface area contributed by atoms with E-state index in [-0.39, 0.29) is 0 Å². The third-order valence-electron chi connectivity index (χ3n) is 21.5. The van der Waals surface area contributed by atoms with Crippen molar-refractivity contribution in [1.82, 2.24) is 53.2 Å². The molecule has 112 heavy (non-hydrogen) atoms. The second-order valence-corrected chi connectivity index (χ2v) is 28.1. The molecule has 11 heterocycles. The van der Waals surface area contributed by atoms with Crippen molar-refractivity contribution in [2.45, 2.75) is 0 Å². The zero-order valence-corrected chi connectivity index (χ0v) is 60.4. The lowest BCUT2D eigenvalue weighted by molar-refractivity contribution is 1.14. The van der Waals surface area contributed by atoms with Crippen LogP contribution in [-0.2, 0) is 0 Å². The Morgan fingerprint density at radius 3 is 0.938 bits per heavy atom. The van der Waals surface area contributed by atoms with Gasteiger partial charge in [-0.1, -0.05) is 158 Å². The average Bonchev–Trinajstić information content (AvgIpc) is 1.67. The first-order chi connectivity index (χ1) is 55.5. The summed E-state index contributed by atoms with van der Waals surface area (Å²) in [6.07, 6.45) is 11.0. The van der Waals surface area contributed by atoms with Crippen molar-refractivity contribution in [2.24, 2.45) is 0 Å². The van der Waals surface area contributed by atoms with Gasteiger partial charge in [-0.2, -0.15) is 0 Å². The molecule has 0 aliphatic rings. The molecule has 0 aliphatic heterocycles. The van der Waals surface area contributed by atoms with Gasteiger partial charge in [0.2, 0.25) is 0 Å². The second kappa shape index (κ2) is 27.5. The van der Waals surface area contributed by atoms with Crippen LogP contribution in [0.3, 0.4) is 0 Å². The van der Waals surface area contributed by atoms with Gasteiger partial charge in [-0.25, -0.2) is 15.0 Å². The first-order valence-corrected chi connectivity index (χ1v) is 37.5. The van der Waals surface area contributed by atoms with Gasteiger partial charge in [-0.3, -0.25) is 29.1 Å². The molecule has 11 heteroatoms. The third kappa shape index (κ3) is 11.5. The van der Waals surface area contributed by atoms with E-state index in [1.807, 2.05) is 97.6 Å². The van der Waals surface area contributed by atoms with Crippen molar-refractivity contribution in [3.8, 4) is 113 Å². The molecule has 0 radical (unpaired) electrons. The molecule has 0 spiro atoms. The molecule has 0 unspecified atom stereocenters. The summed E-state index contributed by atoms with van der Waals surface area (Å²) >= 11 is 0. The Bertz CT molecular complexity index is 6800. The number of benzene rings is 11. The molecule has 0 saturated heterocycles. The molecule has 11 nitrogen and oxygen atoms in total. The minimum Gasteiger partial charge on any atom is -0.309 e. The standard InChI is InChI=1S/C51H33N5.C50H32N6/c1-2-13-40(14-3-1)55-48-20-5-4-16-42(48)45-32-35(22-24-49(45)55)36-21-23-43-44-17-11-27-54-51(44)56(50(43)33-36)41-15-10-12-34(31-41)37-28-38(46-18-6-8-25-52-46)30-39(29-37)47-19-7-9-26-53-47;1-2-13-37(14-3-1)55-47-20-5-4-16-39(47)42-29-34(22-24-48(42)55)35-21-23-40-41-17-11-27-53-50(41)56(49(40)32-35)38-15-10-12-33(28-38)36-30-45(43-18-6-8-25-51-43)54-46(31-36)44-19-7-9-26-52-44/h1-33H;1-32H. The maximum Gasteiger partial charge on any atom is 0.145 e. The summed E-state index contributed by atoms with van der Waals surface area (Å²) in [5.74, 6) is 0. The average molecular weight is 1430 g/mol. The Balaban J connectivity index is 0.000000141. The van der Waals surface area contributed by atoms with Gasteiger partial charge in [-0.15, -0.1) is 0 Å². The monoisotopic (exact) mass is 1430 g/mol. The highest BCUT2D eigenvalue weighted by atomic mass is 15.1.